The number of fused-ring (bicyclic) bond motifs is 3. The monoisotopic (exact) mass is 474 g/mol. The van der Waals surface area contributed by atoms with Crippen molar-refractivity contribution in [3.63, 3.8) is 0 Å². The normalized spacial score (nSPS) is 14.8. The fraction of sp³-hybridized carbons (Fsp3) is 0.367. The molecule has 2 N–H and O–H groups in total. The quantitative estimate of drug-likeness (QED) is 0.504. The number of nitrogens with one attached hydrogen (secondary N) is 2. The minimum atomic E-state index is -0.400. The molecule has 1 aliphatic heterocycles. The Bertz CT molecular complexity index is 1160. The van der Waals surface area contributed by atoms with E-state index in [2.05, 4.69) is 34.9 Å². The Morgan fingerprint density at radius 3 is 2.69 bits per heavy atom. The number of ether oxygens (including phenoxy) is 1. The largest absolute Gasteiger partial charge is 0.493 e. The number of hydrogen-bond acceptors (Lipinski definition) is 3. The van der Waals surface area contributed by atoms with Crippen LogP contribution in [0.15, 0.2) is 66.7 Å². The molecule has 0 spiro atoms. The summed E-state index contributed by atoms with van der Waals surface area (Å²) in [5.41, 5.74) is 4.50. The highest BCUT2D eigenvalue weighted by Crippen LogP contribution is 2.26. The van der Waals surface area contributed by atoms with Gasteiger partial charge >= 0.3 is 0 Å². The Hall–Kier alpha value is -3.18. The van der Waals surface area contributed by atoms with Gasteiger partial charge in [-0.3, -0.25) is 4.79 Å². The molecule has 1 aliphatic rings. The third-order valence-electron chi connectivity index (χ3n) is 6.59. The molecule has 0 saturated heterocycles. The van der Waals surface area contributed by atoms with Crippen molar-refractivity contribution in [3.8, 4) is 5.75 Å². The van der Waals surface area contributed by atoms with Crippen molar-refractivity contribution >= 4 is 5.91 Å². The van der Waals surface area contributed by atoms with Crippen LogP contribution in [-0.4, -0.2) is 25.6 Å². The van der Waals surface area contributed by atoms with Gasteiger partial charge in [-0.2, -0.15) is 0 Å². The maximum atomic E-state index is 13.7. The number of amides is 1. The van der Waals surface area contributed by atoms with Crippen molar-refractivity contribution < 1.29 is 13.9 Å². The second-order valence-electron chi connectivity index (χ2n) is 9.98. The molecule has 0 aromatic heterocycles. The molecule has 3 aromatic rings. The highest BCUT2D eigenvalue weighted by molar-refractivity contribution is 5.94. The van der Waals surface area contributed by atoms with Gasteiger partial charge in [0, 0.05) is 30.5 Å². The van der Waals surface area contributed by atoms with Gasteiger partial charge in [-0.1, -0.05) is 50.2 Å². The molecule has 1 amide bonds. The summed E-state index contributed by atoms with van der Waals surface area (Å²) >= 11 is 0. The number of rotatable bonds is 4. The van der Waals surface area contributed by atoms with E-state index < -0.39 is 5.41 Å². The van der Waals surface area contributed by atoms with Gasteiger partial charge in [0.1, 0.15) is 11.6 Å². The van der Waals surface area contributed by atoms with E-state index in [0.717, 1.165) is 49.2 Å². The van der Waals surface area contributed by atoms with Crippen molar-refractivity contribution in [3.05, 3.63) is 100 Å². The summed E-state index contributed by atoms with van der Waals surface area (Å²) in [7, 11) is 0. The van der Waals surface area contributed by atoms with E-state index >= 15 is 0 Å². The second kappa shape index (κ2) is 11.5. The summed E-state index contributed by atoms with van der Waals surface area (Å²) in [5.74, 6) is 0.421. The highest BCUT2D eigenvalue weighted by atomic mass is 19.1. The van der Waals surface area contributed by atoms with Crippen molar-refractivity contribution in [1.82, 2.24) is 10.6 Å². The molecule has 5 heteroatoms. The van der Waals surface area contributed by atoms with Crippen molar-refractivity contribution in [1.29, 1.82) is 0 Å². The Labute approximate surface area is 207 Å². The summed E-state index contributed by atoms with van der Waals surface area (Å²) < 4.78 is 19.8. The lowest BCUT2D eigenvalue weighted by molar-refractivity contribution is 0.0945. The van der Waals surface area contributed by atoms with E-state index in [1.165, 1.54) is 23.3 Å². The first kappa shape index (κ1) is 24.9. The van der Waals surface area contributed by atoms with E-state index in [-0.39, 0.29) is 11.7 Å². The fourth-order valence-electron chi connectivity index (χ4n) is 4.43. The van der Waals surface area contributed by atoms with Crippen LogP contribution in [0.3, 0.4) is 0 Å². The van der Waals surface area contributed by atoms with Gasteiger partial charge in [0.05, 0.1) is 6.61 Å². The van der Waals surface area contributed by atoms with Crippen LogP contribution >= 0.6 is 0 Å². The summed E-state index contributed by atoms with van der Waals surface area (Å²) in [4.78, 5) is 13.1. The lowest BCUT2D eigenvalue weighted by Gasteiger charge is -2.26. The molecule has 184 valence electrons. The van der Waals surface area contributed by atoms with Crippen LogP contribution in [-0.2, 0) is 18.4 Å². The number of halogens is 1. The van der Waals surface area contributed by atoms with Gasteiger partial charge in [0.15, 0.2) is 0 Å². The number of benzene rings is 3. The zero-order valence-corrected chi connectivity index (χ0v) is 20.7. The van der Waals surface area contributed by atoms with E-state index in [4.69, 9.17) is 4.74 Å². The number of hydrogen-bond donors (Lipinski definition) is 2. The van der Waals surface area contributed by atoms with Gasteiger partial charge in [0.2, 0.25) is 0 Å². The van der Waals surface area contributed by atoms with Gasteiger partial charge < -0.3 is 15.4 Å². The second-order valence-corrected chi connectivity index (χ2v) is 9.98. The molecule has 0 atom stereocenters. The van der Waals surface area contributed by atoms with E-state index in [0.29, 0.717) is 25.1 Å². The summed E-state index contributed by atoms with van der Waals surface area (Å²) in [6.45, 7) is 6.94. The maximum Gasteiger partial charge on any atom is 0.251 e. The molecule has 4 rings (SSSR count). The van der Waals surface area contributed by atoms with Crippen LogP contribution in [0.25, 0.3) is 0 Å². The van der Waals surface area contributed by atoms with E-state index in [1.807, 2.05) is 38.1 Å². The van der Waals surface area contributed by atoms with Crippen LogP contribution in [0, 0.1) is 5.82 Å². The van der Waals surface area contributed by atoms with Crippen LogP contribution < -0.4 is 15.4 Å². The summed E-state index contributed by atoms with van der Waals surface area (Å²) in [5, 5.41) is 6.56. The standard InChI is InChI=1S/C30H35FN2O2/c1-30(2,26-10-7-11-27(31)19-26)21-33-29(34)24-12-13-28-25(18-24)17-22-8-6-9-23(16-22)20-32-14-4-3-5-15-35-28/h6-13,16,18-19,32H,3-5,14-15,17,20-21H2,1-2H3,(H,33,34). The predicted molar refractivity (Wildman–Crippen MR) is 139 cm³/mol. The van der Waals surface area contributed by atoms with Gasteiger partial charge in [-0.05, 0) is 78.4 Å². The Balaban J connectivity index is 1.52. The van der Waals surface area contributed by atoms with Crippen molar-refractivity contribution in [2.75, 3.05) is 19.7 Å². The Morgan fingerprint density at radius 2 is 1.83 bits per heavy atom. The topological polar surface area (TPSA) is 50.4 Å². The molecule has 35 heavy (non-hydrogen) atoms. The molecular weight excluding hydrogens is 439 g/mol. The molecule has 1 heterocycles. The average molecular weight is 475 g/mol. The lowest BCUT2D eigenvalue weighted by Crippen LogP contribution is -2.36. The average Bonchev–Trinajstić information content (AvgIpc) is 2.85. The highest BCUT2D eigenvalue weighted by Gasteiger charge is 2.22. The minimum Gasteiger partial charge on any atom is -0.493 e. The molecule has 0 fully saturated rings. The number of carbonyl (C=O) groups excluding carboxylic acids is 1. The fourth-order valence-corrected chi connectivity index (χ4v) is 4.43. The van der Waals surface area contributed by atoms with Crippen molar-refractivity contribution in [2.45, 2.75) is 51.5 Å². The molecule has 0 saturated carbocycles. The first-order valence-electron chi connectivity index (χ1n) is 12.5. The third kappa shape index (κ3) is 6.92. The van der Waals surface area contributed by atoms with Crippen LogP contribution in [0.1, 0.15) is 65.7 Å². The maximum absolute atomic E-state index is 13.7. The van der Waals surface area contributed by atoms with Crippen LogP contribution in [0.5, 0.6) is 5.75 Å². The molecule has 0 unspecified atom stereocenters. The summed E-state index contributed by atoms with van der Waals surface area (Å²) in [6.07, 6.45) is 3.94. The van der Waals surface area contributed by atoms with Crippen LogP contribution in [0.2, 0.25) is 0 Å². The van der Waals surface area contributed by atoms with Crippen LogP contribution in [0.4, 0.5) is 4.39 Å². The SMILES string of the molecule is CC(C)(CNC(=O)c1ccc2c(c1)Cc1cccc(c1)CNCCCCCO2)c1cccc(F)c1. The minimum absolute atomic E-state index is 0.144. The number of carbonyl (C=O) groups is 1. The van der Waals surface area contributed by atoms with Gasteiger partial charge in [0.25, 0.3) is 5.91 Å². The van der Waals surface area contributed by atoms with Gasteiger partial charge in [-0.15, -0.1) is 0 Å². The first-order chi connectivity index (χ1) is 16.9. The Kier molecular flexibility index (Phi) is 8.19. The van der Waals surface area contributed by atoms with E-state index in [1.54, 1.807) is 6.07 Å². The third-order valence-corrected chi connectivity index (χ3v) is 6.59. The molecular formula is C30H35FN2O2. The first-order valence-corrected chi connectivity index (χ1v) is 12.5. The van der Waals surface area contributed by atoms with E-state index in [9.17, 15) is 9.18 Å². The zero-order valence-electron chi connectivity index (χ0n) is 20.7. The van der Waals surface area contributed by atoms with Crippen molar-refractivity contribution in [2.24, 2.45) is 0 Å². The summed E-state index contributed by atoms with van der Waals surface area (Å²) in [6, 6.07) is 20.8. The molecule has 0 radical (unpaired) electrons. The molecule has 0 aliphatic carbocycles. The molecule has 3 aromatic carbocycles. The zero-order chi connectivity index (χ0) is 24.7. The Morgan fingerprint density at radius 1 is 1.00 bits per heavy atom. The predicted octanol–water partition coefficient (Wildman–Crippen LogP) is 5.78. The molecule has 4 nitrogen and oxygen atoms in total. The van der Waals surface area contributed by atoms with Gasteiger partial charge in [-0.25, -0.2) is 4.39 Å². The lowest BCUT2D eigenvalue weighted by atomic mass is 9.84. The smallest absolute Gasteiger partial charge is 0.251 e. The molecule has 2 bridgehead atoms.